The molecular weight excluding hydrogens is 382 g/mol. The molecule has 0 N–H and O–H groups in total. The molecule has 1 aromatic carbocycles. The van der Waals surface area contributed by atoms with E-state index in [-0.39, 0.29) is 5.91 Å². The first-order valence-electron chi connectivity index (χ1n) is 9.31. The SMILES string of the molecule is CCN(CC)S(=O)(=O)N1CCN(C(=O)/C=C/c2cc(OC)ccc2OC)CC1. The van der Waals surface area contributed by atoms with Crippen LogP contribution in [0.25, 0.3) is 6.08 Å². The highest BCUT2D eigenvalue weighted by Gasteiger charge is 2.31. The minimum atomic E-state index is -3.47. The van der Waals surface area contributed by atoms with Crippen molar-refractivity contribution in [1.29, 1.82) is 0 Å². The van der Waals surface area contributed by atoms with Gasteiger partial charge in [-0.2, -0.15) is 17.0 Å². The Morgan fingerprint density at radius 2 is 1.75 bits per heavy atom. The lowest BCUT2D eigenvalue weighted by Gasteiger charge is -2.35. The number of carbonyl (C=O) groups is 1. The average Bonchev–Trinajstić information content (AvgIpc) is 2.72. The Kier molecular flexibility index (Phi) is 7.85. The van der Waals surface area contributed by atoms with Crippen LogP contribution in [-0.4, -0.2) is 81.3 Å². The number of piperazine rings is 1. The van der Waals surface area contributed by atoms with Gasteiger partial charge in [-0.1, -0.05) is 13.8 Å². The van der Waals surface area contributed by atoms with E-state index in [0.29, 0.717) is 50.8 Å². The third kappa shape index (κ3) is 5.03. The monoisotopic (exact) mass is 411 g/mol. The molecule has 0 unspecified atom stereocenters. The van der Waals surface area contributed by atoms with Crippen LogP contribution in [0.1, 0.15) is 19.4 Å². The average molecular weight is 412 g/mol. The molecule has 0 bridgehead atoms. The van der Waals surface area contributed by atoms with Crippen LogP contribution < -0.4 is 9.47 Å². The summed E-state index contributed by atoms with van der Waals surface area (Å²) < 4.78 is 38.5. The minimum absolute atomic E-state index is 0.162. The number of hydrogen-bond donors (Lipinski definition) is 0. The Bertz CT molecular complexity index is 798. The molecule has 1 aliphatic heterocycles. The quantitative estimate of drug-likeness (QED) is 0.605. The lowest BCUT2D eigenvalue weighted by molar-refractivity contribution is -0.127. The maximum Gasteiger partial charge on any atom is 0.282 e. The van der Waals surface area contributed by atoms with Gasteiger partial charge in [0.2, 0.25) is 5.91 Å². The maximum atomic E-state index is 12.6. The van der Waals surface area contributed by atoms with Crippen molar-refractivity contribution in [2.24, 2.45) is 0 Å². The molecule has 0 aliphatic carbocycles. The topological polar surface area (TPSA) is 79.4 Å². The molecule has 0 atom stereocenters. The van der Waals surface area contributed by atoms with Gasteiger partial charge < -0.3 is 14.4 Å². The van der Waals surface area contributed by atoms with E-state index >= 15 is 0 Å². The van der Waals surface area contributed by atoms with Crippen molar-refractivity contribution < 1.29 is 22.7 Å². The molecule has 1 saturated heterocycles. The molecule has 0 radical (unpaired) electrons. The van der Waals surface area contributed by atoms with Crippen molar-refractivity contribution in [1.82, 2.24) is 13.5 Å². The summed E-state index contributed by atoms with van der Waals surface area (Å²) in [5.74, 6) is 1.15. The van der Waals surface area contributed by atoms with Gasteiger partial charge in [-0.3, -0.25) is 4.79 Å². The first-order valence-corrected chi connectivity index (χ1v) is 10.7. The van der Waals surface area contributed by atoms with E-state index in [1.165, 1.54) is 14.7 Å². The second-order valence-electron chi connectivity index (χ2n) is 6.26. The molecule has 1 aromatic rings. The number of carbonyl (C=O) groups excluding carboxylic acids is 1. The van der Waals surface area contributed by atoms with Gasteiger partial charge in [0.05, 0.1) is 14.2 Å². The van der Waals surface area contributed by atoms with Crippen molar-refractivity contribution >= 4 is 22.2 Å². The molecule has 8 nitrogen and oxygen atoms in total. The highest BCUT2D eigenvalue weighted by atomic mass is 32.2. The Hall–Kier alpha value is -2.10. The van der Waals surface area contributed by atoms with Gasteiger partial charge in [-0.05, 0) is 24.3 Å². The van der Waals surface area contributed by atoms with Gasteiger partial charge in [0.1, 0.15) is 11.5 Å². The predicted molar refractivity (Wildman–Crippen MR) is 109 cm³/mol. The Morgan fingerprint density at radius 1 is 1.11 bits per heavy atom. The number of ether oxygens (including phenoxy) is 2. The van der Waals surface area contributed by atoms with Crippen LogP contribution in [0.15, 0.2) is 24.3 Å². The summed E-state index contributed by atoms with van der Waals surface area (Å²) in [6, 6.07) is 5.35. The molecule has 0 aromatic heterocycles. The normalized spacial score (nSPS) is 16.0. The Morgan fingerprint density at radius 3 is 2.29 bits per heavy atom. The first-order chi connectivity index (χ1) is 13.4. The van der Waals surface area contributed by atoms with Crippen molar-refractivity contribution in [2.75, 3.05) is 53.5 Å². The summed E-state index contributed by atoms with van der Waals surface area (Å²) in [6.07, 6.45) is 3.16. The molecule has 0 saturated carbocycles. The second kappa shape index (κ2) is 9.90. The summed E-state index contributed by atoms with van der Waals surface area (Å²) >= 11 is 0. The summed E-state index contributed by atoms with van der Waals surface area (Å²) in [6.45, 7) is 5.81. The van der Waals surface area contributed by atoms with Gasteiger partial charge in [-0.25, -0.2) is 0 Å². The summed E-state index contributed by atoms with van der Waals surface area (Å²) in [7, 11) is -0.324. The Balaban J connectivity index is 2.02. The molecule has 1 amide bonds. The number of benzene rings is 1. The summed E-state index contributed by atoms with van der Waals surface area (Å²) in [5.41, 5.74) is 0.734. The molecule has 0 spiro atoms. The fourth-order valence-corrected chi connectivity index (χ4v) is 4.69. The molecule has 1 aliphatic rings. The highest BCUT2D eigenvalue weighted by Crippen LogP contribution is 2.25. The molecular formula is C19H29N3O5S. The van der Waals surface area contributed by atoms with Crippen molar-refractivity contribution in [3.8, 4) is 11.5 Å². The van der Waals surface area contributed by atoms with E-state index < -0.39 is 10.2 Å². The second-order valence-corrected chi connectivity index (χ2v) is 8.19. The first kappa shape index (κ1) is 22.2. The molecule has 2 rings (SSSR count). The van der Waals surface area contributed by atoms with E-state index in [4.69, 9.17) is 9.47 Å². The zero-order valence-corrected chi connectivity index (χ0v) is 17.7. The van der Waals surface area contributed by atoms with E-state index in [1.807, 2.05) is 13.8 Å². The summed E-state index contributed by atoms with van der Waals surface area (Å²) in [5, 5.41) is 0. The van der Waals surface area contributed by atoms with Crippen LogP contribution in [0.5, 0.6) is 11.5 Å². The number of amides is 1. The fraction of sp³-hybridized carbons (Fsp3) is 0.526. The largest absolute Gasteiger partial charge is 0.497 e. The zero-order chi connectivity index (χ0) is 20.7. The molecule has 9 heteroatoms. The number of nitrogens with zero attached hydrogens (tertiary/aromatic N) is 3. The van der Waals surface area contributed by atoms with Gasteiger partial charge in [0.15, 0.2) is 0 Å². The number of rotatable bonds is 8. The van der Waals surface area contributed by atoms with Crippen LogP contribution in [-0.2, 0) is 15.0 Å². The van der Waals surface area contributed by atoms with Crippen LogP contribution in [0.3, 0.4) is 0 Å². The highest BCUT2D eigenvalue weighted by molar-refractivity contribution is 7.86. The lowest BCUT2D eigenvalue weighted by Crippen LogP contribution is -2.53. The van der Waals surface area contributed by atoms with Crippen LogP contribution in [0, 0.1) is 0 Å². The molecule has 1 fully saturated rings. The number of methoxy groups -OCH3 is 2. The molecule has 28 heavy (non-hydrogen) atoms. The van der Waals surface area contributed by atoms with Gasteiger partial charge in [0.25, 0.3) is 10.2 Å². The standard InChI is InChI=1S/C19H29N3O5S/c1-5-21(6-2)28(24,25)22-13-11-20(12-14-22)19(23)10-7-16-15-17(26-3)8-9-18(16)27-4/h7-10,15H,5-6,11-14H2,1-4H3/b10-7+. The van der Waals surface area contributed by atoms with E-state index in [1.54, 1.807) is 43.4 Å². The number of hydrogen-bond acceptors (Lipinski definition) is 5. The van der Waals surface area contributed by atoms with E-state index in [2.05, 4.69) is 0 Å². The smallest absolute Gasteiger partial charge is 0.282 e. The van der Waals surface area contributed by atoms with Crippen LogP contribution >= 0.6 is 0 Å². The maximum absolute atomic E-state index is 12.6. The molecule has 1 heterocycles. The van der Waals surface area contributed by atoms with Gasteiger partial charge in [-0.15, -0.1) is 0 Å². The van der Waals surface area contributed by atoms with E-state index in [0.717, 1.165) is 5.56 Å². The fourth-order valence-electron chi connectivity index (χ4n) is 3.09. The Labute approximate surface area is 167 Å². The van der Waals surface area contributed by atoms with E-state index in [9.17, 15) is 13.2 Å². The summed E-state index contributed by atoms with van der Waals surface area (Å²) in [4.78, 5) is 14.2. The third-order valence-electron chi connectivity index (χ3n) is 4.75. The van der Waals surface area contributed by atoms with Crippen molar-refractivity contribution in [3.05, 3.63) is 29.8 Å². The van der Waals surface area contributed by atoms with Gasteiger partial charge >= 0.3 is 0 Å². The van der Waals surface area contributed by atoms with Crippen LogP contribution in [0.4, 0.5) is 0 Å². The third-order valence-corrected chi connectivity index (χ3v) is 6.94. The molecule has 156 valence electrons. The van der Waals surface area contributed by atoms with Crippen LogP contribution in [0.2, 0.25) is 0 Å². The predicted octanol–water partition coefficient (Wildman–Crippen LogP) is 1.45. The van der Waals surface area contributed by atoms with Gasteiger partial charge in [0, 0.05) is 50.9 Å². The zero-order valence-electron chi connectivity index (χ0n) is 16.9. The lowest BCUT2D eigenvalue weighted by atomic mass is 10.1. The van der Waals surface area contributed by atoms with Crippen molar-refractivity contribution in [3.63, 3.8) is 0 Å². The minimum Gasteiger partial charge on any atom is -0.497 e. The van der Waals surface area contributed by atoms with Crippen molar-refractivity contribution in [2.45, 2.75) is 13.8 Å².